The van der Waals surface area contributed by atoms with Crippen LogP contribution >= 0.6 is 22.9 Å². The van der Waals surface area contributed by atoms with Crippen LogP contribution in [0.5, 0.6) is 0 Å². The van der Waals surface area contributed by atoms with Crippen LogP contribution in [0.1, 0.15) is 26.8 Å². The van der Waals surface area contributed by atoms with Crippen molar-refractivity contribution < 1.29 is 4.79 Å². The lowest BCUT2D eigenvalue weighted by Crippen LogP contribution is -2.26. The number of benzene rings is 1. The molecule has 28 heavy (non-hydrogen) atoms. The highest BCUT2D eigenvalue weighted by Gasteiger charge is 2.20. The standard InChI is InChI=1S/C20H20ClN5OS/c1-13-16-10-17(19(27)25(3)12-18-22-8-9-24(18)2)28-20(16)26(23-13)11-14-4-6-15(21)7-5-14/h4-10H,11-12H2,1-3H3. The summed E-state index contributed by atoms with van der Waals surface area (Å²) in [7, 11) is 3.73. The molecule has 0 aliphatic heterocycles. The van der Waals surface area contributed by atoms with Crippen molar-refractivity contribution >= 4 is 39.1 Å². The summed E-state index contributed by atoms with van der Waals surface area (Å²) in [6.07, 6.45) is 3.61. The zero-order valence-electron chi connectivity index (χ0n) is 15.9. The fourth-order valence-corrected chi connectivity index (χ4v) is 4.39. The normalized spacial score (nSPS) is 11.3. The Morgan fingerprint density at radius 1 is 1.29 bits per heavy atom. The number of aryl methyl sites for hydroxylation is 2. The van der Waals surface area contributed by atoms with E-state index in [1.165, 1.54) is 11.3 Å². The Labute approximate surface area is 172 Å². The van der Waals surface area contributed by atoms with E-state index in [4.69, 9.17) is 11.6 Å². The van der Waals surface area contributed by atoms with Gasteiger partial charge in [0.1, 0.15) is 10.7 Å². The molecule has 4 aromatic rings. The quantitative estimate of drug-likeness (QED) is 0.494. The molecular weight excluding hydrogens is 394 g/mol. The lowest BCUT2D eigenvalue weighted by atomic mass is 10.2. The van der Waals surface area contributed by atoms with Gasteiger partial charge in [-0.15, -0.1) is 11.3 Å². The highest BCUT2D eigenvalue weighted by Crippen LogP contribution is 2.30. The van der Waals surface area contributed by atoms with Crippen LogP contribution in [-0.2, 0) is 20.1 Å². The number of hydrogen-bond donors (Lipinski definition) is 0. The van der Waals surface area contributed by atoms with Crippen LogP contribution in [0, 0.1) is 6.92 Å². The molecule has 1 aromatic carbocycles. The van der Waals surface area contributed by atoms with Crippen molar-refractivity contribution in [2.24, 2.45) is 7.05 Å². The van der Waals surface area contributed by atoms with Gasteiger partial charge in [0.25, 0.3) is 5.91 Å². The van der Waals surface area contributed by atoms with Gasteiger partial charge in [0.05, 0.1) is 23.7 Å². The van der Waals surface area contributed by atoms with Crippen molar-refractivity contribution in [1.29, 1.82) is 0 Å². The van der Waals surface area contributed by atoms with Crippen molar-refractivity contribution in [1.82, 2.24) is 24.2 Å². The number of rotatable bonds is 5. The number of fused-ring (bicyclic) bond motifs is 1. The van der Waals surface area contributed by atoms with Crippen LogP contribution in [0.4, 0.5) is 0 Å². The molecule has 1 amide bonds. The molecule has 4 rings (SSSR count). The Balaban J connectivity index is 1.59. The molecule has 0 fully saturated rings. The Kier molecular flexibility index (Phi) is 4.95. The molecule has 0 aliphatic carbocycles. The van der Waals surface area contributed by atoms with Gasteiger partial charge in [0.15, 0.2) is 0 Å². The van der Waals surface area contributed by atoms with E-state index in [-0.39, 0.29) is 5.91 Å². The fraction of sp³-hybridized carbons (Fsp3) is 0.250. The maximum Gasteiger partial charge on any atom is 0.264 e. The summed E-state index contributed by atoms with van der Waals surface area (Å²) < 4.78 is 3.87. The molecule has 0 radical (unpaired) electrons. The van der Waals surface area contributed by atoms with Crippen molar-refractivity contribution in [3.05, 3.63) is 69.7 Å². The summed E-state index contributed by atoms with van der Waals surface area (Å²) in [4.78, 5) is 20.6. The van der Waals surface area contributed by atoms with Gasteiger partial charge in [-0.2, -0.15) is 5.10 Å². The molecule has 0 saturated heterocycles. The number of carbonyl (C=O) groups is 1. The van der Waals surface area contributed by atoms with Gasteiger partial charge in [-0.05, 0) is 30.7 Å². The molecule has 0 saturated carbocycles. The minimum absolute atomic E-state index is 0.0124. The first kappa shape index (κ1) is 18.7. The van der Waals surface area contributed by atoms with Gasteiger partial charge >= 0.3 is 0 Å². The van der Waals surface area contributed by atoms with E-state index >= 15 is 0 Å². The highest BCUT2D eigenvalue weighted by atomic mass is 35.5. The number of nitrogens with zero attached hydrogens (tertiary/aromatic N) is 5. The smallest absolute Gasteiger partial charge is 0.264 e. The fourth-order valence-electron chi connectivity index (χ4n) is 3.11. The Morgan fingerprint density at radius 2 is 2.04 bits per heavy atom. The average molecular weight is 414 g/mol. The number of aromatic nitrogens is 4. The lowest BCUT2D eigenvalue weighted by Gasteiger charge is -2.15. The lowest BCUT2D eigenvalue weighted by molar-refractivity contribution is 0.0785. The second-order valence-corrected chi connectivity index (χ2v) is 8.28. The summed E-state index contributed by atoms with van der Waals surface area (Å²) >= 11 is 7.45. The van der Waals surface area contributed by atoms with E-state index in [1.807, 2.05) is 59.7 Å². The summed E-state index contributed by atoms with van der Waals surface area (Å²) in [5.74, 6) is 0.837. The first-order valence-electron chi connectivity index (χ1n) is 8.85. The molecule has 0 bridgehead atoms. The molecule has 144 valence electrons. The van der Waals surface area contributed by atoms with Gasteiger partial charge in [-0.25, -0.2) is 4.98 Å². The molecule has 3 heterocycles. The van der Waals surface area contributed by atoms with Gasteiger partial charge in [-0.1, -0.05) is 23.7 Å². The Bertz CT molecular complexity index is 1140. The number of carbonyl (C=O) groups excluding carboxylic acids is 1. The maximum atomic E-state index is 12.9. The number of amides is 1. The third-order valence-electron chi connectivity index (χ3n) is 4.71. The molecular formula is C20H20ClN5OS. The topological polar surface area (TPSA) is 56.0 Å². The van der Waals surface area contributed by atoms with Gasteiger partial charge < -0.3 is 9.47 Å². The number of thiophene rings is 1. The molecule has 3 aromatic heterocycles. The van der Waals surface area contributed by atoms with E-state index in [0.717, 1.165) is 27.3 Å². The van der Waals surface area contributed by atoms with E-state index in [1.54, 1.807) is 18.1 Å². The van der Waals surface area contributed by atoms with Crippen LogP contribution in [0.2, 0.25) is 5.02 Å². The monoisotopic (exact) mass is 413 g/mol. The van der Waals surface area contributed by atoms with Crippen molar-refractivity contribution in [3.63, 3.8) is 0 Å². The predicted octanol–water partition coefficient (Wildman–Crippen LogP) is 4.11. The molecule has 6 nitrogen and oxygen atoms in total. The van der Waals surface area contributed by atoms with E-state index in [9.17, 15) is 4.79 Å². The SMILES string of the molecule is Cc1nn(Cc2ccc(Cl)cc2)c2sc(C(=O)N(C)Cc3nccn3C)cc12. The van der Waals surface area contributed by atoms with E-state index < -0.39 is 0 Å². The zero-order valence-corrected chi connectivity index (χ0v) is 17.5. The maximum absolute atomic E-state index is 12.9. The predicted molar refractivity (Wildman–Crippen MR) is 112 cm³/mol. The number of hydrogen-bond acceptors (Lipinski definition) is 4. The average Bonchev–Trinajstić information content (AvgIpc) is 3.35. The van der Waals surface area contributed by atoms with Gasteiger partial charge in [-0.3, -0.25) is 9.48 Å². The summed E-state index contributed by atoms with van der Waals surface area (Å²) in [6.45, 7) is 3.07. The van der Waals surface area contributed by atoms with Crippen LogP contribution < -0.4 is 0 Å². The van der Waals surface area contributed by atoms with Crippen LogP contribution in [0.25, 0.3) is 10.2 Å². The minimum Gasteiger partial charge on any atom is -0.337 e. The van der Waals surface area contributed by atoms with Crippen molar-refractivity contribution in [2.75, 3.05) is 7.05 Å². The van der Waals surface area contributed by atoms with E-state index in [0.29, 0.717) is 23.0 Å². The highest BCUT2D eigenvalue weighted by molar-refractivity contribution is 7.20. The zero-order chi connectivity index (χ0) is 19.8. The van der Waals surface area contributed by atoms with Gasteiger partial charge in [0.2, 0.25) is 0 Å². The number of imidazole rings is 1. The molecule has 0 atom stereocenters. The summed E-state index contributed by atoms with van der Waals surface area (Å²) in [5.41, 5.74) is 2.04. The molecule has 0 N–H and O–H groups in total. The second kappa shape index (κ2) is 7.41. The largest absolute Gasteiger partial charge is 0.337 e. The number of halogens is 1. The summed E-state index contributed by atoms with van der Waals surface area (Å²) in [5, 5.41) is 6.38. The van der Waals surface area contributed by atoms with Crippen LogP contribution in [0.3, 0.4) is 0 Å². The third kappa shape index (κ3) is 3.55. The van der Waals surface area contributed by atoms with E-state index in [2.05, 4.69) is 10.1 Å². The van der Waals surface area contributed by atoms with Gasteiger partial charge in [0, 0.05) is 36.9 Å². The van der Waals surface area contributed by atoms with Crippen LogP contribution in [-0.4, -0.2) is 37.2 Å². The first-order valence-corrected chi connectivity index (χ1v) is 10.0. The minimum atomic E-state index is -0.0124. The molecule has 0 aliphatic rings. The first-order chi connectivity index (χ1) is 13.4. The second-order valence-electron chi connectivity index (χ2n) is 6.81. The molecule has 0 unspecified atom stereocenters. The van der Waals surface area contributed by atoms with Crippen molar-refractivity contribution in [2.45, 2.75) is 20.0 Å². The Morgan fingerprint density at radius 3 is 2.71 bits per heavy atom. The molecule has 8 heteroatoms. The van der Waals surface area contributed by atoms with Crippen molar-refractivity contribution in [3.8, 4) is 0 Å². The van der Waals surface area contributed by atoms with Crippen LogP contribution in [0.15, 0.2) is 42.7 Å². The summed E-state index contributed by atoms with van der Waals surface area (Å²) in [6, 6.07) is 9.68. The third-order valence-corrected chi connectivity index (χ3v) is 6.10. The molecule has 0 spiro atoms. The Hall–Kier alpha value is -2.64.